The Morgan fingerprint density at radius 3 is 2.46 bits per heavy atom. The second-order valence-corrected chi connectivity index (χ2v) is 5.75. The molecule has 0 aliphatic carbocycles. The van der Waals surface area contributed by atoms with Crippen molar-refractivity contribution in [2.75, 3.05) is 45.8 Å². The molecule has 0 aliphatic rings. The summed E-state index contributed by atoms with van der Waals surface area (Å²) in [6.45, 7) is 3.12. The third-order valence-electron chi connectivity index (χ3n) is 3.89. The maximum atomic E-state index is 13.2. The van der Waals surface area contributed by atoms with Crippen molar-refractivity contribution < 1.29 is 28.3 Å². The molecule has 0 spiro atoms. The fourth-order valence-corrected chi connectivity index (χ4v) is 2.61. The van der Waals surface area contributed by atoms with Crippen molar-refractivity contribution in [2.24, 2.45) is 0 Å². The average molecular weight is 391 g/mol. The number of carbonyl (C=O) groups excluding carboxylic acids is 2. The van der Waals surface area contributed by atoms with E-state index in [1.165, 1.54) is 31.4 Å². The van der Waals surface area contributed by atoms with Crippen LogP contribution >= 0.6 is 0 Å². The van der Waals surface area contributed by atoms with Crippen molar-refractivity contribution in [3.63, 3.8) is 0 Å². The molecule has 0 aliphatic heterocycles. The molecule has 0 atom stereocenters. The van der Waals surface area contributed by atoms with Crippen molar-refractivity contribution in [3.8, 4) is 11.5 Å². The van der Waals surface area contributed by atoms with E-state index in [9.17, 15) is 9.59 Å². The highest BCUT2D eigenvalue weighted by Crippen LogP contribution is 2.29. The summed E-state index contributed by atoms with van der Waals surface area (Å²) in [6.07, 6.45) is 1.93. The number of nitrogens with one attached hydrogen (secondary N) is 1. The summed E-state index contributed by atoms with van der Waals surface area (Å²) in [5, 5.41) is 6.22. The van der Waals surface area contributed by atoms with Gasteiger partial charge in [0.1, 0.15) is 29.9 Å². The highest BCUT2D eigenvalue weighted by Gasteiger charge is 2.25. The van der Waals surface area contributed by atoms with Crippen LogP contribution in [-0.2, 0) is 9.53 Å². The van der Waals surface area contributed by atoms with Crippen molar-refractivity contribution >= 4 is 17.6 Å². The van der Waals surface area contributed by atoms with Crippen molar-refractivity contribution in [2.45, 2.75) is 13.3 Å². The van der Waals surface area contributed by atoms with Crippen molar-refractivity contribution in [1.29, 1.82) is 0 Å². The van der Waals surface area contributed by atoms with Crippen LogP contribution in [0.3, 0.4) is 0 Å². The molecule has 1 aromatic carbocycles. The maximum Gasteiger partial charge on any atom is 0.261 e. The highest BCUT2D eigenvalue weighted by atomic mass is 16.5. The average Bonchev–Trinajstić information content (AvgIpc) is 3.21. The second-order valence-electron chi connectivity index (χ2n) is 5.75. The molecule has 9 nitrogen and oxygen atoms in total. The number of methoxy groups -OCH3 is 2. The van der Waals surface area contributed by atoms with Gasteiger partial charge in [-0.3, -0.25) is 9.59 Å². The van der Waals surface area contributed by atoms with Crippen LogP contribution in [0.25, 0.3) is 0 Å². The zero-order valence-electron chi connectivity index (χ0n) is 16.3. The van der Waals surface area contributed by atoms with E-state index >= 15 is 0 Å². The van der Waals surface area contributed by atoms with Crippen LogP contribution in [0.1, 0.15) is 23.7 Å². The van der Waals surface area contributed by atoms with E-state index in [0.717, 1.165) is 0 Å². The van der Waals surface area contributed by atoms with Crippen LogP contribution in [0.15, 0.2) is 35.1 Å². The smallest absolute Gasteiger partial charge is 0.261 e. The van der Waals surface area contributed by atoms with Gasteiger partial charge in [0.25, 0.3) is 5.91 Å². The van der Waals surface area contributed by atoms with Gasteiger partial charge in [-0.05, 0) is 25.5 Å². The fraction of sp³-hybridized carbons (Fsp3) is 0.421. The SMILES string of the molecule is CCOCCCN(CC(=O)Nc1ccon1)C(=O)c1c(OC)cccc1OC. The van der Waals surface area contributed by atoms with Gasteiger partial charge in [0, 0.05) is 25.8 Å². The summed E-state index contributed by atoms with van der Waals surface area (Å²) in [7, 11) is 2.95. The van der Waals surface area contributed by atoms with Gasteiger partial charge in [0.05, 0.1) is 14.2 Å². The zero-order valence-corrected chi connectivity index (χ0v) is 16.3. The Labute approximate surface area is 163 Å². The van der Waals surface area contributed by atoms with Crippen LogP contribution in [0.2, 0.25) is 0 Å². The van der Waals surface area contributed by atoms with Crippen LogP contribution in [-0.4, -0.2) is 62.4 Å². The first-order chi connectivity index (χ1) is 13.6. The predicted molar refractivity (Wildman–Crippen MR) is 102 cm³/mol. The molecule has 2 amide bonds. The van der Waals surface area contributed by atoms with Gasteiger partial charge >= 0.3 is 0 Å². The molecule has 1 aromatic heterocycles. The summed E-state index contributed by atoms with van der Waals surface area (Å²) in [6, 6.07) is 6.58. The molecular weight excluding hydrogens is 366 g/mol. The third kappa shape index (κ3) is 5.71. The van der Waals surface area contributed by atoms with Crippen LogP contribution in [0.4, 0.5) is 5.82 Å². The van der Waals surface area contributed by atoms with Crippen molar-refractivity contribution in [3.05, 3.63) is 36.1 Å². The summed E-state index contributed by atoms with van der Waals surface area (Å²) in [5.74, 6) is 0.252. The molecule has 2 rings (SSSR count). The summed E-state index contributed by atoms with van der Waals surface area (Å²) in [5.41, 5.74) is 0.262. The normalized spacial score (nSPS) is 10.4. The number of aromatic nitrogens is 1. The first-order valence-corrected chi connectivity index (χ1v) is 8.88. The number of rotatable bonds is 11. The first kappa shape index (κ1) is 21.2. The molecule has 0 saturated carbocycles. The number of ether oxygens (including phenoxy) is 3. The molecule has 2 aromatic rings. The fourth-order valence-electron chi connectivity index (χ4n) is 2.61. The van der Waals surface area contributed by atoms with Gasteiger partial charge in [-0.1, -0.05) is 11.2 Å². The van der Waals surface area contributed by atoms with Gasteiger partial charge < -0.3 is 29.0 Å². The van der Waals surface area contributed by atoms with E-state index < -0.39 is 5.91 Å². The van der Waals surface area contributed by atoms with Gasteiger partial charge in [0.15, 0.2) is 5.82 Å². The van der Waals surface area contributed by atoms with Crippen LogP contribution in [0.5, 0.6) is 11.5 Å². The molecule has 9 heteroatoms. The highest BCUT2D eigenvalue weighted by molar-refractivity contribution is 6.02. The number of benzene rings is 1. The third-order valence-corrected chi connectivity index (χ3v) is 3.89. The molecule has 0 bridgehead atoms. The summed E-state index contributed by atoms with van der Waals surface area (Å²) < 4.78 is 20.7. The van der Waals surface area contributed by atoms with E-state index in [-0.39, 0.29) is 23.8 Å². The minimum Gasteiger partial charge on any atom is -0.496 e. The van der Waals surface area contributed by atoms with Gasteiger partial charge in [-0.2, -0.15) is 0 Å². The Morgan fingerprint density at radius 1 is 1.18 bits per heavy atom. The lowest BCUT2D eigenvalue weighted by Gasteiger charge is -2.24. The molecule has 1 N–H and O–H groups in total. The Kier molecular flexibility index (Phi) is 8.29. The van der Waals surface area contributed by atoms with Gasteiger partial charge in [0.2, 0.25) is 5.91 Å². The Morgan fingerprint density at radius 2 is 1.89 bits per heavy atom. The number of nitrogens with zero attached hydrogens (tertiary/aromatic N) is 2. The van der Waals surface area contributed by atoms with Crippen molar-refractivity contribution in [1.82, 2.24) is 10.1 Å². The molecule has 152 valence electrons. The van der Waals surface area contributed by atoms with E-state index in [0.29, 0.717) is 37.7 Å². The summed E-state index contributed by atoms with van der Waals surface area (Å²) >= 11 is 0. The zero-order chi connectivity index (χ0) is 20.4. The van der Waals surface area contributed by atoms with E-state index in [4.69, 9.17) is 18.7 Å². The van der Waals surface area contributed by atoms with Gasteiger partial charge in [-0.15, -0.1) is 0 Å². The monoisotopic (exact) mass is 391 g/mol. The first-order valence-electron chi connectivity index (χ1n) is 8.88. The Bertz CT molecular complexity index is 741. The molecule has 1 heterocycles. The number of amides is 2. The maximum absolute atomic E-state index is 13.2. The Hall–Kier alpha value is -3.07. The minimum atomic E-state index is -0.396. The van der Waals surface area contributed by atoms with E-state index in [1.807, 2.05) is 6.92 Å². The lowest BCUT2D eigenvalue weighted by Crippen LogP contribution is -2.39. The minimum absolute atomic E-state index is 0.168. The number of hydrogen-bond acceptors (Lipinski definition) is 7. The molecular formula is C19H25N3O6. The quantitative estimate of drug-likeness (QED) is 0.586. The lowest BCUT2D eigenvalue weighted by atomic mass is 10.1. The summed E-state index contributed by atoms with van der Waals surface area (Å²) in [4.78, 5) is 27.0. The van der Waals surface area contributed by atoms with E-state index in [1.54, 1.807) is 18.2 Å². The number of anilines is 1. The van der Waals surface area contributed by atoms with E-state index in [2.05, 4.69) is 10.5 Å². The van der Waals surface area contributed by atoms with Gasteiger partial charge in [-0.25, -0.2) is 0 Å². The number of hydrogen-bond donors (Lipinski definition) is 1. The standard InChI is InChI=1S/C19H25N3O6/c1-4-27-11-6-10-22(13-17(23)20-16-9-12-28-21-16)19(24)18-14(25-2)7-5-8-15(18)26-3/h5,7-9,12H,4,6,10-11,13H2,1-3H3,(H,20,21,23). The molecule has 0 radical (unpaired) electrons. The predicted octanol–water partition coefficient (Wildman–Crippen LogP) is 2.20. The Balaban J connectivity index is 2.20. The number of carbonyl (C=O) groups is 2. The van der Waals surface area contributed by atoms with Crippen LogP contribution < -0.4 is 14.8 Å². The second kappa shape index (κ2) is 10.9. The lowest BCUT2D eigenvalue weighted by molar-refractivity contribution is -0.117. The largest absolute Gasteiger partial charge is 0.496 e. The molecule has 0 unspecified atom stereocenters. The molecule has 28 heavy (non-hydrogen) atoms. The molecule has 0 saturated heterocycles. The van der Waals surface area contributed by atoms with Crippen LogP contribution in [0, 0.1) is 0 Å². The topological polar surface area (TPSA) is 103 Å². The molecule has 0 fully saturated rings.